The van der Waals surface area contributed by atoms with E-state index >= 15 is 0 Å². The van der Waals surface area contributed by atoms with Crippen molar-refractivity contribution in [1.82, 2.24) is 4.90 Å². The second-order valence-corrected chi connectivity index (χ2v) is 7.88. The van der Waals surface area contributed by atoms with Gasteiger partial charge in [0, 0.05) is 6.54 Å². The van der Waals surface area contributed by atoms with E-state index in [1.165, 1.54) is 0 Å². The van der Waals surface area contributed by atoms with Gasteiger partial charge in [0.05, 0.1) is 13.2 Å². The number of carbonyl (C=O) groups is 1. The summed E-state index contributed by atoms with van der Waals surface area (Å²) in [6.45, 7) is 6.70. The van der Waals surface area contributed by atoms with Crippen LogP contribution < -0.4 is 4.74 Å². The zero-order valence-electron chi connectivity index (χ0n) is 16.6. The lowest BCUT2D eigenvalue weighted by Crippen LogP contribution is -2.35. The first kappa shape index (κ1) is 20.0. The summed E-state index contributed by atoms with van der Waals surface area (Å²) in [5.74, 6) is 0.752. The molecule has 2 aromatic carbocycles. The van der Waals surface area contributed by atoms with Crippen LogP contribution in [0.5, 0.6) is 5.75 Å². The maximum Gasteiger partial charge on any atom is 0.410 e. The smallest absolute Gasteiger partial charge is 0.410 e. The Kier molecular flexibility index (Phi) is 6.05. The van der Waals surface area contributed by atoms with E-state index < -0.39 is 5.60 Å². The molecule has 5 heteroatoms. The first-order valence-electron chi connectivity index (χ1n) is 9.42. The minimum Gasteiger partial charge on any atom is -0.489 e. The highest BCUT2D eigenvalue weighted by Crippen LogP contribution is 2.30. The van der Waals surface area contributed by atoms with Crippen LogP contribution in [0.3, 0.4) is 0 Å². The Morgan fingerprint density at radius 1 is 1.07 bits per heavy atom. The van der Waals surface area contributed by atoms with E-state index in [-0.39, 0.29) is 12.7 Å². The van der Waals surface area contributed by atoms with Gasteiger partial charge in [0.2, 0.25) is 0 Å². The largest absolute Gasteiger partial charge is 0.489 e. The number of carbonyl (C=O) groups excluding carboxylic acids is 1. The van der Waals surface area contributed by atoms with Crippen molar-refractivity contribution < 1.29 is 19.4 Å². The molecule has 3 rings (SSSR count). The third kappa shape index (κ3) is 5.14. The van der Waals surface area contributed by atoms with Crippen molar-refractivity contribution in [3.63, 3.8) is 0 Å². The van der Waals surface area contributed by atoms with Gasteiger partial charge in [0.15, 0.2) is 0 Å². The third-order valence-corrected chi connectivity index (χ3v) is 4.43. The minimum atomic E-state index is -0.551. The van der Waals surface area contributed by atoms with Crippen LogP contribution in [0.1, 0.15) is 31.9 Å². The third-order valence-electron chi connectivity index (χ3n) is 4.43. The zero-order chi connectivity index (χ0) is 20.1. The molecule has 0 aromatic heterocycles. The van der Waals surface area contributed by atoms with E-state index in [2.05, 4.69) is 0 Å². The standard InChI is InChI=1S/C23H27NO4/c1-23(2,3)28-22(26)24-13-19(15-25)21(14-24)18-10-7-11-20(12-18)27-16-17-8-5-4-6-9-17/h4-12,25H,13-16H2,1-3H3. The molecule has 0 unspecified atom stereocenters. The lowest BCUT2D eigenvalue weighted by atomic mass is 10.0. The van der Waals surface area contributed by atoms with Crippen molar-refractivity contribution in [2.24, 2.45) is 0 Å². The average molecular weight is 381 g/mol. The van der Waals surface area contributed by atoms with Gasteiger partial charge in [-0.15, -0.1) is 0 Å². The van der Waals surface area contributed by atoms with Gasteiger partial charge in [-0.1, -0.05) is 42.5 Å². The highest BCUT2D eigenvalue weighted by molar-refractivity contribution is 5.80. The molecule has 5 nitrogen and oxygen atoms in total. The maximum absolute atomic E-state index is 12.4. The van der Waals surface area contributed by atoms with Crippen molar-refractivity contribution in [1.29, 1.82) is 0 Å². The molecule has 0 radical (unpaired) electrons. The Morgan fingerprint density at radius 2 is 1.82 bits per heavy atom. The predicted octanol–water partition coefficient (Wildman–Crippen LogP) is 4.26. The molecule has 2 aromatic rings. The molecule has 1 N–H and O–H groups in total. The lowest BCUT2D eigenvalue weighted by molar-refractivity contribution is 0.0301. The van der Waals surface area contributed by atoms with Crippen molar-refractivity contribution in [2.45, 2.75) is 33.0 Å². The minimum absolute atomic E-state index is 0.0935. The fraction of sp³-hybridized carbons (Fsp3) is 0.348. The Hall–Kier alpha value is -2.79. The number of aliphatic hydroxyl groups excluding tert-OH is 1. The van der Waals surface area contributed by atoms with Crippen LogP contribution in [-0.2, 0) is 11.3 Å². The van der Waals surface area contributed by atoms with E-state index in [1.807, 2.05) is 75.4 Å². The number of benzene rings is 2. The van der Waals surface area contributed by atoms with Crippen LogP contribution in [0.4, 0.5) is 4.79 Å². The fourth-order valence-electron chi connectivity index (χ4n) is 3.10. The molecular weight excluding hydrogens is 354 g/mol. The van der Waals surface area contributed by atoms with E-state index in [0.29, 0.717) is 19.7 Å². The second-order valence-electron chi connectivity index (χ2n) is 7.88. The Bertz CT molecular complexity index is 852. The number of hydrogen-bond donors (Lipinski definition) is 1. The van der Waals surface area contributed by atoms with Crippen LogP contribution in [0.2, 0.25) is 0 Å². The summed E-state index contributed by atoms with van der Waals surface area (Å²) in [5.41, 5.74) is 3.26. The number of hydrogen-bond acceptors (Lipinski definition) is 4. The molecule has 0 saturated carbocycles. The van der Waals surface area contributed by atoms with Crippen LogP contribution in [0.25, 0.3) is 5.57 Å². The molecule has 0 saturated heterocycles. The molecule has 1 aliphatic rings. The maximum atomic E-state index is 12.4. The number of amides is 1. The van der Waals surface area contributed by atoms with E-state index in [0.717, 1.165) is 28.0 Å². The first-order chi connectivity index (χ1) is 13.4. The van der Waals surface area contributed by atoms with Crippen LogP contribution in [0.15, 0.2) is 60.2 Å². The van der Waals surface area contributed by atoms with E-state index in [9.17, 15) is 9.90 Å². The molecule has 1 amide bonds. The molecule has 0 fully saturated rings. The van der Waals surface area contributed by atoms with E-state index in [1.54, 1.807) is 4.90 Å². The van der Waals surface area contributed by atoms with Gasteiger partial charge in [-0.05, 0) is 55.2 Å². The van der Waals surface area contributed by atoms with Gasteiger partial charge >= 0.3 is 6.09 Å². The fourth-order valence-corrected chi connectivity index (χ4v) is 3.10. The molecule has 0 atom stereocenters. The van der Waals surface area contributed by atoms with Crippen molar-refractivity contribution in [2.75, 3.05) is 19.7 Å². The van der Waals surface area contributed by atoms with Crippen molar-refractivity contribution in [3.8, 4) is 5.75 Å². The molecule has 0 spiro atoms. The average Bonchev–Trinajstić information content (AvgIpc) is 3.11. The summed E-state index contributed by atoms with van der Waals surface area (Å²) in [6.07, 6.45) is -0.370. The number of ether oxygens (including phenoxy) is 2. The van der Waals surface area contributed by atoms with Crippen LogP contribution >= 0.6 is 0 Å². The zero-order valence-corrected chi connectivity index (χ0v) is 16.6. The van der Waals surface area contributed by atoms with Gasteiger partial charge in [-0.25, -0.2) is 4.79 Å². The molecule has 0 aliphatic carbocycles. The highest BCUT2D eigenvalue weighted by Gasteiger charge is 2.29. The number of rotatable bonds is 5. The topological polar surface area (TPSA) is 59.0 Å². The van der Waals surface area contributed by atoms with Gasteiger partial charge < -0.3 is 14.6 Å². The number of aliphatic hydroxyl groups is 1. The Labute approximate surface area is 166 Å². The summed E-state index contributed by atoms with van der Waals surface area (Å²) in [7, 11) is 0. The first-order valence-corrected chi connectivity index (χ1v) is 9.42. The van der Waals surface area contributed by atoms with Gasteiger partial charge in [0.1, 0.15) is 18.0 Å². The van der Waals surface area contributed by atoms with Gasteiger partial charge in [0.25, 0.3) is 0 Å². The summed E-state index contributed by atoms with van der Waals surface area (Å²) in [6, 6.07) is 17.7. The van der Waals surface area contributed by atoms with Gasteiger partial charge in [-0.2, -0.15) is 0 Å². The highest BCUT2D eigenvalue weighted by atomic mass is 16.6. The lowest BCUT2D eigenvalue weighted by Gasteiger charge is -2.24. The molecule has 1 aliphatic heterocycles. The molecule has 1 heterocycles. The Balaban J connectivity index is 1.72. The monoisotopic (exact) mass is 381 g/mol. The van der Waals surface area contributed by atoms with Crippen molar-refractivity contribution >= 4 is 11.7 Å². The van der Waals surface area contributed by atoms with Crippen LogP contribution in [-0.4, -0.2) is 41.4 Å². The predicted molar refractivity (Wildman–Crippen MR) is 109 cm³/mol. The second kappa shape index (κ2) is 8.48. The number of nitrogens with zero attached hydrogens (tertiary/aromatic N) is 1. The summed E-state index contributed by atoms with van der Waals surface area (Å²) < 4.78 is 11.4. The summed E-state index contributed by atoms with van der Waals surface area (Å²) in [5, 5.41) is 9.78. The SMILES string of the molecule is CC(C)(C)OC(=O)N1CC(CO)=C(c2cccc(OCc3ccccc3)c2)C1. The van der Waals surface area contributed by atoms with Crippen molar-refractivity contribution in [3.05, 3.63) is 71.3 Å². The van der Waals surface area contributed by atoms with Crippen LogP contribution in [0, 0.1) is 0 Å². The molecular formula is C23H27NO4. The van der Waals surface area contributed by atoms with Gasteiger partial charge in [-0.3, -0.25) is 4.90 Å². The normalized spacial score (nSPS) is 14.4. The summed E-state index contributed by atoms with van der Waals surface area (Å²) in [4.78, 5) is 14.0. The molecule has 28 heavy (non-hydrogen) atoms. The summed E-state index contributed by atoms with van der Waals surface area (Å²) >= 11 is 0. The molecule has 0 bridgehead atoms. The van der Waals surface area contributed by atoms with E-state index in [4.69, 9.17) is 9.47 Å². The Morgan fingerprint density at radius 3 is 2.50 bits per heavy atom. The quantitative estimate of drug-likeness (QED) is 0.841. The molecule has 148 valence electrons.